The maximum atomic E-state index is 13.4. The summed E-state index contributed by atoms with van der Waals surface area (Å²) in [6, 6.07) is 1.30. The van der Waals surface area contributed by atoms with E-state index in [1.54, 1.807) is 7.11 Å². The monoisotopic (exact) mass is 295 g/mol. The lowest BCUT2D eigenvalue weighted by atomic mass is 10.2. The van der Waals surface area contributed by atoms with Crippen LogP contribution in [0, 0.1) is 5.82 Å². The standard InChI is InChI=1S/C15H22FN3O2/c1-3-6-17-14-13(7-10(16)9-18-14)15(20)19-11-4-5-12(8-11)21-2/h7,9,11-12H,3-6,8H2,1-2H3,(H,17,18)(H,19,20). The molecule has 1 amide bonds. The van der Waals surface area contributed by atoms with Crippen molar-refractivity contribution in [3.8, 4) is 0 Å². The summed E-state index contributed by atoms with van der Waals surface area (Å²) in [5.74, 6) is -0.372. The van der Waals surface area contributed by atoms with Crippen LogP contribution >= 0.6 is 0 Å². The molecule has 1 aromatic rings. The molecule has 1 fully saturated rings. The van der Waals surface area contributed by atoms with E-state index in [2.05, 4.69) is 15.6 Å². The minimum absolute atomic E-state index is 0.0738. The number of hydrogen-bond acceptors (Lipinski definition) is 4. The van der Waals surface area contributed by atoms with Crippen LogP contribution in [0.15, 0.2) is 12.3 Å². The average Bonchev–Trinajstić information content (AvgIpc) is 2.93. The number of hydrogen-bond donors (Lipinski definition) is 2. The molecular weight excluding hydrogens is 273 g/mol. The van der Waals surface area contributed by atoms with Crippen molar-refractivity contribution in [2.75, 3.05) is 19.0 Å². The highest BCUT2D eigenvalue weighted by atomic mass is 19.1. The first-order valence-electron chi connectivity index (χ1n) is 7.37. The fourth-order valence-electron chi connectivity index (χ4n) is 2.55. The number of amides is 1. The van der Waals surface area contributed by atoms with Crippen LogP contribution in [0.5, 0.6) is 0 Å². The molecule has 2 N–H and O–H groups in total. The van der Waals surface area contributed by atoms with E-state index in [1.807, 2.05) is 6.92 Å². The van der Waals surface area contributed by atoms with Crippen LogP contribution in [0.1, 0.15) is 43.0 Å². The van der Waals surface area contributed by atoms with Crippen LogP contribution in [0.4, 0.5) is 10.2 Å². The molecule has 2 rings (SSSR count). The van der Waals surface area contributed by atoms with Gasteiger partial charge in [0.05, 0.1) is 17.9 Å². The molecule has 0 radical (unpaired) electrons. The third kappa shape index (κ3) is 4.14. The lowest BCUT2D eigenvalue weighted by Gasteiger charge is -2.15. The highest BCUT2D eigenvalue weighted by molar-refractivity contribution is 5.98. The number of methoxy groups -OCH3 is 1. The van der Waals surface area contributed by atoms with Crippen LogP contribution in [0.25, 0.3) is 0 Å². The number of nitrogens with one attached hydrogen (secondary N) is 2. The number of carbonyl (C=O) groups excluding carboxylic acids is 1. The van der Waals surface area contributed by atoms with Crippen molar-refractivity contribution in [1.29, 1.82) is 0 Å². The Hall–Kier alpha value is -1.69. The topological polar surface area (TPSA) is 63.2 Å². The molecule has 5 nitrogen and oxygen atoms in total. The third-order valence-electron chi connectivity index (χ3n) is 3.69. The van der Waals surface area contributed by atoms with Gasteiger partial charge >= 0.3 is 0 Å². The zero-order valence-corrected chi connectivity index (χ0v) is 12.5. The van der Waals surface area contributed by atoms with Gasteiger partial charge < -0.3 is 15.4 Å². The number of anilines is 1. The van der Waals surface area contributed by atoms with Crippen LogP contribution in [-0.4, -0.2) is 36.7 Å². The number of nitrogens with zero attached hydrogens (tertiary/aromatic N) is 1. The van der Waals surface area contributed by atoms with E-state index in [-0.39, 0.29) is 23.6 Å². The first-order valence-corrected chi connectivity index (χ1v) is 7.37. The second-order valence-corrected chi connectivity index (χ2v) is 5.32. The molecule has 0 spiro atoms. The Kier molecular flexibility index (Phi) is 5.50. The van der Waals surface area contributed by atoms with Gasteiger partial charge in [-0.3, -0.25) is 4.79 Å². The first kappa shape index (κ1) is 15.7. The van der Waals surface area contributed by atoms with E-state index in [0.717, 1.165) is 31.9 Å². The number of aromatic nitrogens is 1. The van der Waals surface area contributed by atoms with Gasteiger partial charge in [0.25, 0.3) is 5.91 Å². The van der Waals surface area contributed by atoms with Gasteiger partial charge in [-0.25, -0.2) is 9.37 Å². The summed E-state index contributed by atoms with van der Waals surface area (Å²) in [4.78, 5) is 16.3. The van der Waals surface area contributed by atoms with Gasteiger partial charge in [0, 0.05) is 19.7 Å². The SMILES string of the molecule is CCCNc1ncc(F)cc1C(=O)NC1CCC(OC)C1. The van der Waals surface area contributed by atoms with Gasteiger partial charge in [-0.05, 0) is 31.7 Å². The van der Waals surface area contributed by atoms with E-state index < -0.39 is 5.82 Å². The molecule has 2 unspecified atom stereocenters. The second-order valence-electron chi connectivity index (χ2n) is 5.32. The van der Waals surface area contributed by atoms with Crippen LogP contribution in [0.2, 0.25) is 0 Å². The lowest BCUT2D eigenvalue weighted by Crippen LogP contribution is -2.34. The van der Waals surface area contributed by atoms with Gasteiger partial charge in [-0.2, -0.15) is 0 Å². The molecule has 116 valence electrons. The number of carbonyl (C=O) groups is 1. The smallest absolute Gasteiger partial charge is 0.255 e. The van der Waals surface area contributed by atoms with Crippen molar-refractivity contribution >= 4 is 11.7 Å². The Bertz CT molecular complexity index is 496. The summed E-state index contributed by atoms with van der Waals surface area (Å²) in [7, 11) is 1.68. The summed E-state index contributed by atoms with van der Waals surface area (Å²) in [5, 5.41) is 5.99. The molecule has 6 heteroatoms. The molecule has 21 heavy (non-hydrogen) atoms. The van der Waals surface area contributed by atoms with Crippen molar-refractivity contribution in [3.63, 3.8) is 0 Å². The number of pyridine rings is 1. The van der Waals surface area contributed by atoms with Gasteiger partial charge in [0.1, 0.15) is 11.6 Å². The third-order valence-corrected chi connectivity index (χ3v) is 3.69. The highest BCUT2D eigenvalue weighted by Crippen LogP contribution is 2.22. The Morgan fingerprint density at radius 1 is 1.52 bits per heavy atom. The van der Waals surface area contributed by atoms with Crippen LogP contribution < -0.4 is 10.6 Å². The molecule has 0 aromatic carbocycles. The molecule has 1 aliphatic rings. The van der Waals surface area contributed by atoms with Gasteiger partial charge in [-0.15, -0.1) is 0 Å². The van der Waals surface area contributed by atoms with E-state index in [0.29, 0.717) is 12.4 Å². The van der Waals surface area contributed by atoms with E-state index in [9.17, 15) is 9.18 Å². The van der Waals surface area contributed by atoms with E-state index >= 15 is 0 Å². The van der Waals surface area contributed by atoms with Gasteiger partial charge in [0.15, 0.2) is 0 Å². The van der Waals surface area contributed by atoms with Crippen molar-refractivity contribution in [2.45, 2.75) is 44.8 Å². The summed E-state index contributed by atoms with van der Waals surface area (Å²) in [5.41, 5.74) is 0.254. The van der Waals surface area contributed by atoms with Crippen molar-refractivity contribution < 1.29 is 13.9 Å². The van der Waals surface area contributed by atoms with Crippen LogP contribution in [0.3, 0.4) is 0 Å². The molecular formula is C15H22FN3O2. The molecule has 1 aliphatic carbocycles. The Balaban J connectivity index is 2.05. The molecule has 0 bridgehead atoms. The van der Waals surface area contributed by atoms with Gasteiger partial charge in [0.2, 0.25) is 0 Å². The molecule has 1 aromatic heterocycles. The van der Waals surface area contributed by atoms with Crippen molar-refractivity contribution in [1.82, 2.24) is 10.3 Å². The maximum absolute atomic E-state index is 13.4. The molecule has 1 heterocycles. The van der Waals surface area contributed by atoms with E-state index in [1.165, 1.54) is 6.07 Å². The largest absolute Gasteiger partial charge is 0.381 e. The summed E-state index contributed by atoms with van der Waals surface area (Å²) in [6.07, 6.45) is 4.82. The quantitative estimate of drug-likeness (QED) is 0.845. The second kappa shape index (κ2) is 7.36. The maximum Gasteiger partial charge on any atom is 0.255 e. The fraction of sp³-hybridized carbons (Fsp3) is 0.600. The fourth-order valence-corrected chi connectivity index (χ4v) is 2.55. The Morgan fingerprint density at radius 3 is 3.00 bits per heavy atom. The molecule has 0 saturated heterocycles. The summed E-state index contributed by atoms with van der Waals surface area (Å²) in [6.45, 7) is 2.70. The minimum Gasteiger partial charge on any atom is -0.381 e. The zero-order valence-electron chi connectivity index (χ0n) is 12.5. The van der Waals surface area contributed by atoms with Crippen molar-refractivity contribution in [2.24, 2.45) is 0 Å². The average molecular weight is 295 g/mol. The van der Waals surface area contributed by atoms with E-state index in [4.69, 9.17) is 4.74 Å². The zero-order chi connectivity index (χ0) is 15.2. The summed E-state index contributed by atoms with van der Waals surface area (Å²) < 4.78 is 18.7. The number of rotatable bonds is 6. The summed E-state index contributed by atoms with van der Waals surface area (Å²) >= 11 is 0. The molecule has 1 saturated carbocycles. The number of ether oxygens (including phenoxy) is 1. The normalized spacial score (nSPS) is 21.3. The molecule has 0 aliphatic heterocycles. The molecule has 2 atom stereocenters. The Morgan fingerprint density at radius 2 is 2.33 bits per heavy atom. The predicted octanol–water partition coefficient (Wildman–Crippen LogP) is 2.34. The van der Waals surface area contributed by atoms with Crippen molar-refractivity contribution in [3.05, 3.63) is 23.6 Å². The predicted molar refractivity (Wildman–Crippen MR) is 78.9 cm³/mol. The minimum atomic E-state index is -0.511. The first-order chi connectivity index (χ1) is 10.1. The Labute approximate surface area is 124 Å². The van der Waals surface area contributed by atoms with Gasteiger partial charge in [-0.1, -0.05) is 6.92 Å². The number of halogens is 1. The van der Waals surface area contributed by atoms with Crippen LogP contribution in [-0.2, 0) is 4.74 Å². The highest BCUT2D eigenvalue weighted by Gasteiger charge is 2.26. The lowest BCUT2D eigenvalue weighted by molar-refractivity contribution is 0.0915.